The van der Waals surface area contributed by atoms with E-state index >= 15 is 0 Å². The van der Waals surface area contributed by atoms with Crippen LogP contribution in [0.5, 0.6) is 0 Å². The Balaban J connectivity index is 2.02. The van der Waals surface area contributed by atoms with Crippen molar-refractivity contribution in [1.82, 2.24) is 9.62 Å². The van der Waals surface area contributed by atoms with Crippen molar-refractivity contribution >= 4 is 16.0 Å². The highest BCUT2D eigenvalue weighted by Gasteiger charge is 2.24. The maximum Gasteiger partial charge on any atom is 0.335 e. The molecule has 0 saturated carbocycles. The maximum absolute atomic E-state index is 12.6. The minimum Gasteiger partial charge on any atom is -0.478 e. The number of nitrogens with zero attached hydrogens (tertiary/aromatic N) is 1. The highest BCUT2D eigenvalue weighted by atomic mass is 32.2. The third-order valence-corrected chi connectivity index (χ3v) is 6.07. The first-order chi connectivity index (χ1) is 11.8. The van der Waals surface area contributed by atoms with Crippen LogP contribution in [0.2, 0.25) is 0 Å². The average molecular weight is 370 g/mol. The number of carboxylic acid groups (broad SMARTS) is 1. The molecule has 1 aromatic rings. The molecule has 1 fully saturated rings. The largest absolute Gasteiger partial charge is 0.478 e. The van der Waals surface area contributed by atoms with Crippen LogP contribution in [0.1, 0.15) is 28.8 Å². The fraction of sp³-hybridized carbons (Fsp3) is 0.588. The summed E-state index contributed by atoms with van der Waals surface area (Å²) in [5.74, 6) is -0.902. The fourth-order valence-electron chi connectivity index (χ4n) is 3.07. The van der Waals surface area contributed by atoms with Gasteiger partial charge in [0.1, 0.15) is 0 Å². The summed E-state index contributed by atoms with van der Waals surface area (Å²) in [4.78, 5) is 13.4. The van der Waals surface area contributed by atoms with Gasteiger partial charge in [-0.3, -0.25) is 0 Å². The molecule has 1 atom stereocenters. The van der Waals surface area contributed by atoms with Gasteiger partial charge in [-0.25, -0.2) is 17.9 Å². The summed E-state index contributed by atoms with van der Waals surface area (Å²) in [5, 5.41) is 9.07. The minimum atomic E-state index is -3.74. The summed E-state index contributed by atoms with van der Waals surface area (Å²) in [6.45, 7) is 5.36. The van der Waals surface area contributed by atoms with E-state index in [0.29, 0.717) is 18.7 Å². The van der Waals surface area contributed by atoms with Crippen molar-refractivity contribution in [2.24, 2.45) is 5.92 Å². The summed E-state index contributed by atoms with van der Waals surface area (Å²) in [7, 11) is -2.07. The van der Waals surface area contributed by atoms with Gasteiger partial charge in [-0.15, -0.1) is 0 Å². The molecule has 1 aliphatic heterocycles. The van der Waals surface area contributed by atoms with E-state index in [2.05, 4.69) is 9.62 Å². The van der Waals surface area contributed by atoms with Gasteiger partial charge < -0.3 is 14.7 Å². The number of aryl methyl sites for hydroxylation is 1. The molecule has 1 unspecified atom stereocenters. The second-order valence-electron chi connectivity index (χ2n) is 6.44. The van der Waals surface area contributed by atoms with Crippen LogP contribution in [-0.2, 0) is 14.8 Å². The Labute approximate surface area is 149 Å². The molecule has 0 spiro atoms. The zero-order valence-electron chi connectivity index (χ0n) is 14.7. The van der Waals surface area contributed by atoms with E-state index in [4.69, 9.17) is 9.84 Å². The number of piperidine rings is 1. The topological polar surface area (TPSA) is 95.9 Å². The summed E-state index contributed by atoms with van der Waals surface area (Å²) < 4.78 is 32.9. The van der Waals surface area contributed by atoms with E-state index in [1.54, 1.807) is 14.0 Å². The van der Waals surface area contributed by atoms with Crippen LogP contribution in [0.15, 0.2) is 23.1 Å². The van der Waals surface area contributed by atoms with Gasteiger partial charge in [0.15, 0.2) is 0 Å². The van der Waals surface area contributed by atoms with Crippen molar-refractivity contribution in [3.05, 3.63) is 29.3 Å². The third-order valence-electron chi connectivity index (χ3n) is 4.50. The highest BCUT2D eigenvalue weighted by Crippen LogP contribution is 2.19. The first kappa shape index (κ1) is 19.8. The van der Waals surface area contributed by atoms with Crippen molar-refractivity contribution < 1.29 is 23.1 Å². The molecule has 2 N–H and O–H groups in total. The molecule has 1 saturated heterocycles. The number of hydrogen-bond acceptors (Lipinski definition) is 5. The van der Waals surface area contributed by atoms with E-state index < -0.39 is 16.0 Å². The Kier molecular flexibility index (Phi) is 6.95. The molecule has 1 heterocycles. The molecule has 0 bridgehead atoms. The number of likely N-dealkylation sites (tertiary alicyclic amines) is 1. The predicted molar refractivity (Wildman–Crippen MR) is 94.4 cm³/mol. The number of aromatic carboxylic acids is 1. The van der Waals surface area contributed by atoms with E-state index in [9.17, 15) is 13.2 Å². The van der Waals surface area contributed by atoms with Crippen molar-refractivity contribution in [1.29, 1.82) is 0 Å². The molecule has 0 radical (unpaired) electrons. The van der Waals surface area contributed by atoms with E-state index in [1.165, 1.54) is 18.2 Å². The van der Waals surface area contributed by atoms with Crippen LogP contribution < -0.4 is 4.72 Å². The SMILES string of the molecule is COCCN1CCCC(CNS(=O)(=O)c2cc(C(=O)O)ccc2C)C1. The Morgan fingerprint density at radius 2 is 2.20 bits per heavy atom. The number of ether oxygens (including phenoxy) is 1. The standard InChI is InChI=1S/C17H26N2O5S/c1-13-5-6-15(17(20)21)10-16(13)25(22,23)18-11-14-4-3-7-19(12-14)8-9-24-2/h5-6,10,14,18H,3-4,7-9,11-12H2,1-2H3,(H,20,21). The second-order valence-corrected chi connectivity index (χ2v) is 8.17. The Morgan fingerprint density at radius 3 is 2.88 bits per heavy atom. The smallest absolute Gasteiger partial charge is 0.335 e. The number of sulfonamides is 1. The highest BCUT2D eigenvalue weighted by molar-refractivity contribution is 7.89. The molecule has 8 heteroatoms. The van der Waals surface area contributed by atoms with Gasteiger partial charge in [-0.2, -0.15) is 0 Å². The molecule has 2 rings (SSSR count). The second kappa shape index (κ2) is 8.75. The van der Waals surface area contributed by atoms with Crippen molar-refractivity contribution in [2.45, 2.75) is 24.7 Å². The number of carboxylic acids is 1. The number of benzene rings is 1. The summed E-state index contributed by atoms with van der Waals surface area (Å²) in [6, 6.07) is 4.14. The molecule has 140 valence electrons. The van der Waals surface area contributed by atoms with Crippen molar-refractivity contribution in [2.75, 3.05) is 39.9 Å². The first-order valence-corrected chi connectivity index (χ1v) is 9.86. The fourth-order valence-corrected chi connectivity index (χ4v) is 4.45. The molecular formula is C17H26N2O5S. The lowest BCUT2D eigenvalue weighted by Gasteiger charge is -2.32. The molecule has 1 aliphatic rings. The van der Waals surface area contributed by atoms with Crippen LogP contribution in [-0.4, -0.2) is 64.3 Å². The summed E-state index contributed by atoms with van der Waals surface area (Å²) in [5.41, 5.74) is 0.497. The molecular weight excluding hydrogens is 344 g/mol. The lowest BCUT2D eigenvalue weighted by Crippen LogP contribution is -2.42. The average Bonchev–Trinajstić information content (AvgIpc) is 2.58. The summed E-state index contributed by atoms with van der Waals surface area (Å²) in [6.07, 6.45) is 2.00. The number of nitrogens with one attached hydrogen (secondary N) is 1. The normalized spacial score (nSPS) is 19.0. The van der Waals surface area contributed by atoms with Crippen LogP contribution >= 0.6 is 0 Å². The predicted octanol–water partition coefficient (Wildman–Crippen LogP) is 1.33. The van der Waals surface area contributed by atoms with Gasteiger partial charge in [-0.05, 0) is 49.9 Å². The molecule has 7 nitrogen and oxygen atoms in total. The van der Waals surface area contributed by atoms with Gasteiger partial charge in [0.05, 0.1) is 17.1 Å². The molecule has 0 aromatic heterocycles. The van der Waals surface area contributed by atoms with Gasteiger partial charge in [0.2, 0.25) is 10.0 Å². The lowest BCUT2D eigenvalue weighted by molar-refractivity contribution is 0.0696. The number of carbonyl (C=O) groups is 1. The number of hydrogen-bond donors (Lipinski definition) is 2. The van der Waals surface area contributed by atoms with E-state index in [1.807, 2.05) is 0 Å². The third kappa shape index (κ3) is 5.50. The zero-order valence-corrected chi connectivity index (χ0v) is 15.5. The van der Waals surface area contributed by atoms with Gasteiger partial charge in [0.25, 0.3) is 0 Å². The van der Waals surface area contributed by atoms with Crippen LogP contribution in [0, 0.1) is 12.8 Å². The van der Waals surface area contributed by atoms with Crippen molar-refractivity contribution in [3.63, 3.8) is 0 Å². The van der Waals surface area contributed by atoms with Crippen molar-refractivity contribution in [3.8, 4) is 0 Å². The number of methoxy groups -OCH3 is 1. The summed E-state index contributed by atoms with van der Waals surface area (Å²) >= 11 is 0. The molecule has 1 aromatic carbocycles. The molecule has 25 heavy (non-hydrogen) atoms. The number of rotatable bonds is 8. The van der Waals surface area contributed by atoms with Gasteiger partial charge >= 0.3 is 5.97 Å². The maximum atomic E-state index is 12.6. The Morgan fingerprint density at radius 1 is 1.44 bits per heavy atom. The monoisotopic (exact) mass is 370 g/mol. The van der Waals surface area contributed by atoms with Crippen LogP contribution in [0.3, 0.4) is 0 Å². The van der Waals surface area contributed by atoms with Crippen LogP contribution in [0.4, 0.5) is 0 Å². The van der Waals surface area contributed by atoms with E-state index in [0.717, 1.165) is 32.5 Å². The lowest BCUT2D eigenvalue weighted by atomic mass is 9.98. The zero-order chi connectivity index (χ0) is 18.4. The van der Waals surface area contributed by atoms with Crippen LogP contribution in [0.25, 0.3) is 0 Å². The molecule has 0 amide bonds. The quantitative estimate of drug-likeness (QED) is 0.717. The Bertz CT molecular complexity index is 705. The van der Waals surface area contributed by atoms with Gasteiger partial charge in [0, 0.05) is 26.7 Å². The molecule has 0 aliphatic carbocycles. The minimum absolute atomic E-state index is 0.0273. The van der Waals surface area contributed by atoms with E-state index in [-0.39, 0.29) is 16.4 Å². The first-order valence-electron chi connectivity index (χ1n) is 8.38. The Hall–Kier alpha value is -1.48. The van der Waals surface area contributed by atoms with Gasteiger partial charge in [-0.1, -0.05) is 6.07 Å².